The van der Waals surface area contributed by atoms with Crippen LogP contribution >= 0.6 is 11.3 Å². The highest BCUT2D eigenvalue weighted by atomic mass is 32.1. The number of aryl methyl sites for hydroxylation is 1. The van der Waals surface area contributed by atoms with Crippen molar-refractivity contribution in [3.8, 4) is 34.5 Å². The first-order valence-corrected chi connectivity index (χ1v) is 14.9. The van der Waals surface area contributed by atoms with Gasteiger partial charge in [0.25, 0.3) is 0 Å². The molecule has 5 rings (SSSR count). The fourth-order valence-corrected chi connectivity index (χ4v) is 5.89. The molecule has 0 spiro atoms. The van der Waals surface area contributed by atoms with Gasteiger partial charge in [-0.1, -0.05) is 43.2 Å². The van der Waals surface area contributed by atoms with Gasteiger partial charge >= 0.3 is 5.97 Å². The number of thiophene rings is 1. The van der Waals surface area contributed by atoms with E-state index in [-0.39, 0.29) is 23.7 Å². The third-order valence-electron chi connectivity index (χ3n) is 7.30. The van der Waals surface area contributed by atoms with E-state index in [9.17, 15) is 4.79 Å². The molecule has 2 heterocycles. The van der Waals surface area contributed by atoms with Gasteiger partial charge in [0.15, 0.2) is 0 Å². The SMILES string of the molecule is CC#C[C@@H](CC(=O)OCC)c1ccc(COc2ccc3scc(-c4ccc(OCC5(C)COC5)cc4C)c3c2)cc1. The van der Waals surface area contributed by atoms with Crippen LogP contribution in [0.4, 0.5) is 0 Å². The fraction of sp³-hybridized carbons (Fsp3) is 0.343. The van der Waals surface area contributed by atoms with Gasteiger partial charge in [-0.25, -0.2) is 0 Å². The Hall–Kier alpha value is -3.79. The van der Waals surface area contributed by atoms with Crippen LogP contribution in [0, 0.1) is 24.2 Å². The average molecular weight is 569 g/mol. The number of carbonyl (C=O) groups is 1. The second-order valence-corrected chi connectivity index (χ2v) is 11.8. The highest BCUT2D eigenvalue weighted by Gasteiger charge is 2.34. The molecule has 6 heteroatoms. The first-order chi connectivity index (χ1) is 19.9. The highest BCUT2D eigenvalue weighted by Crippen LogP contribution is 2.39. The Labute approximate surface area is 246 Å². The topological polar surface area (TPSA) is 54.0 Å². The summed E-state index contributed by atoms with van der Waals surface area (Å²) in [5.74, 6) is 7.37. The minimum atomic E-state index is -0.232. The van der Waals surface area contributed by atoms with Gasteiger partial charge in [0.2, 0.25) is 0 Å². The molecule has 3 aromatic carbocycles. The van der Waals surface area contributed by atoms with Crippen LogP contribution in [-0.2, 0) is 20.9 Å². The molecule has 5 nitrogen and oxygen atoms in total. The maximum absolute atomic E-state index is 12.0. The van der Waals surface area contributed by atoms with Crippen LogP contribution in [0.1, 0.15) is 49.8 Å². The first kappa shape index (κ1) is 28.7. The normalized spacial score (nSPS) is 14.4. The summed E-state index contributed by atoms with van der Waals surface area (Å²) >= 11 is 1.74. The van der Waals surface area contributed by atoms with Gasteiger partial charge in [0, 0.05) is 21.1 Å². The number of ether oxygens (including phenoxy) is 4. The molecule has 1 saturated heterocycles. The van der Waals surface area contributed by atoms with E-state index >= 15 is 0 Å². The number of carbonyl (C=O) groups excluding carboxylic acids is 1. The minimum Gasteiger partial charge on any atom is -0.493 e. The van der Waals surface area contributed by atoms with Gasteiger partial charge in [0.05, 0.1) is 38.8 Å². The van der Waals surface area contributed by atoms with Gasteiger partial charge in [-0.2, -0.15) is 0 Å². The van der Waals surface area contributed by atoms with E-state index < -0.39 is 0 Å². The fourth-order valence-electron chi connectivity index (χ4n) is 4.95. The van der Waals surface area contributed by atoms with E-state index in [1.54, 1.807) is 18.3 Å². The second kappa shape index (κ2) is 12.8. The molecule has 0 amide bonds. The van der Waals surface area contributed by atoms with Crippen molar-refractivity contribution in [2.75, 3.05) is 26.4 Å². The number of rotatable bonds is 11. The Kier molecular flexibility index (Phi) is 8.97. The number of hydrogen-bond donors (Lipinski definition) is 0. The van der Waals surface area contributed by atoms with Crippen LogP contribution in [0.15, 0.2) is 66.0 Å². The Bertz CT molecular complexity index is 1570. The molecule has 0 unspecified atom stereocenters. The van der Waals surface area contributed by atoms with Crippen molar-refractivity contribution in [1.82, 2.24) is 0 Å². The lowest BCUT2D eigenvalue weighted by molar-refractivity contribution is -0.143. The Morgan fingerprint density at radius 3 is 2.46 bits per heavy atom. The van der Waals surface area contributed by atoms with Crippen molar-refractivity contribution in [1.29, 1.82) is 0 Å². The van der Waals surface area contributed by atoms with Crippen molar-refractivity contribution in [3.63, 3.8) is 0 Å². The largest absolute Gasteiger partial charge is 0.493 e. The maximum Gasteiger partial charge on any atom is 0.307 e. The summed E-state index contributed by atoms with van der Waals surface area (Å²) in [6.45, 7) is 10.9. The molecule has 41 heavy (non-hydrogen) atoms. The zero-order chi connectivity index (χ0) is 28.8. The van der Waals surface area contributed by atoms with Crippen LogP contribution in [0.2, 0.25) is 0 Å². The molecular weight excluding hydrogens is 532 g/mol. The van der Waals surface area contributed by atoms with Gasteiger partial charge in [0.1, 0.15) is 18.1 Å². The molecule has 1 aromatic heterocycles. The zero-order valence-corrected chi connectivity index (χ0v) is 24.9. The highest BCUT2D eigenvalue weighted by molar-refractivity contribution is 7.17. The van der Waals surface area contributed by atoms with E-state index in [1.165, 1.54) is 26.8 Å². The lowest BCUT2D eigenvalue weighted by atomic mass is 9.90. The lowest BCUT2D eigenvalue weighted by Crippen LogP contribution is -2.44. The Morgan fingerprint density at radius 1 is 1.02 bits per heavy atom. The predicted molar refractivity (Wildman–Crippen MR) is 165 cm³/mol. The van der Waals surface area contributed by atoms with Gasteiger partial charge < -0.3 is 18.9 Å². The predicted octanol–water partition coefficient (Wildman–Crippen LogP) is 7.93. The monoisotopic (exact) mass is 568 g/mol. The van der Waals surface area contributed by atoms with Crippen LogP contribution < -0.4 is 9.47 Å². The smallest absolute Gasteiger partial charge is 0.307 e. The average Bonchev–Trinajstić information content (AvgIpc) is 3.37. The number of benzene rings is 3. The summed E-state index contributed by atoms with van der Waals surface area (Å²) in [5.41, 5.74) is 5.74. The molecule has 1 fully saturated rings. The van der Waals surface area contributed by atoms with Gasteiger partial charge in [-0.05, 0) is 78.7 Å². The van der Waals surface area contributed by atoms with E-state index in [4.69, 9.17) is 18.9 Å². The van der Waals surface area contributed by atoms with Crippen molar-refractivity contribution >= 4 is 27.4 Å². The molecule has 1 aliphatic rings. The third-order valence-corrected chi connectivity index (χ3v) is 8.27. The summed E-state index contributed by atoms with van der Waals surface area (Å²) in [6, 6.07) is 20.7. The van der Waals surface area contributed by atoms with Crippen molar-refractivity contribution < 1.29 is 23.7 Å². The maximum atomic E-state index is 12.0. The van der Waals surface area contributed by atoms with E-state index in [0.29, 0.717) is 19.8 Å². The summed E-state index contributed by atoms with van der Waals surface area (Å²) < 4.78 is 24.0. The molecule has 4 aromatic rings. The van der Waals surface area contributed by atoms with Crippen LogP contribution in [-0.4, -0.2) is 32.4 Å². The summed E-state index contributed by atoms with van der Waals surface area (Å²) in [5, 5.41) is 3.40. The molecule has 0 radical (unpaired) electrons. The van der Waals surface area contributed by atoms with Gasteiger partial charge in [-0.15, -0.1) is 17.3 Å². The number of esters is 1. The Balaban J connectivity index is 1.26. The minimum absolute atomic E-state index is 0.116. The van der Waals surface area contributed by atoms with Gasteiger partial charge in [-0.3, -0.25) is 4.79 Å². The van der Waals surface area contributed by atoms with Crippen molar-refractivity contribution in [3.05, 3.63) is 82.7 Å². The summed E-state index contributed by atoms with van der Waals surface area (Å²) in [4.78, 5) is 12.0. The van der Waals surface area contributed by atoms with Crippen LogP contribution in [0.25, 0.3) is 21.2 Å². The van der Waals surface area contributed by atoms with Crippen LogP contribution in [0.3, 0.4) is 0 Å². The molecular formula is C35H36O5S. The zero-order valence-electron chi connectivity index (χ0n) is 24.1. The molecule has 0 aliphatic carbocycles. The molecule has 0 bridgehead atoms. The Morgan fingerprint density at radius 2 is 1.78 bits per heavy atom. The summed E-state index contributed by atoms with van der Waals surface area (Å²) in [7, 11) is 0. The molecule has 1 aliphatic heterocycles. The quantitative estimate of drug-likeness (QED) is 0.136. The molecule has 1 atom stereocenters. The molecule has 0 N–H and O–H groups in total. The number of hydrogen-bond acceptors (Lipinski definition) is 6. The van der Waals surface area contributed by atoms with E-state index in [1.807, 2.05) is 37.3 Å². The number of fused-ring (bicyclic) bond motifs is 1. The van der Waals surface area contributed by atoms with E-state index in [0.717, 1.165) is 35.8 Å². The van der Waals surface area contributed by atoms with Crippen molar-refractivity contribution in [2.45, 2.75) is 46.6 Å². The van der Waals surface area contributed by atoms with Crippen molar-refractivity contribution in [2.24, 2.45) is 5.41 Å². The molecule has 212 valence electrons. The van der Waals surface area contributed by atoms with Crippen LogP contribution in [0.5, 0.6) is 11.5 Å². The molecule has 0 saturated carbocycles. The van der Waals surface area contributed by atoms with E-state index in [2.05, 4.69) is 61.4 Å². The lowest BCUT2D eigenvalue weighted by Gasteiger charge is -2.37. The third kappa shape index (κ3) is 6.93. The standard InChI is InChI=1S/C35H36O5S/c1-5-7-27(17-34(36)38-6-2)26-10-8-25(9-11-26)19-39-29-13-15-33-31(18-29)32(20-41-33)30-14-12-28(16-24(30)3)40-23-35(4)21-37-22-35/h8-16,18,20,27H,6,17,19,21-23H2,1-4H3/t27-/m0/s1. The first-order valence-electron chi connectivity index (χ1n) is 14.0. The summed E-state index contributed by atoms with van der Waals surface area (Å²) in [6.07, 6.45) is 0.248. The second-order valence-electron chi connectivity index (χ2n) is 10.9.